The Morgan fingerprint density at radius 2 is 1.83 bits per heavy atom. The molecule has 1 aromatic heterocycles. The zero-order chi connectivity index (χ0) is 21.6. The molecule has 9 heteroatoms. The summed E-state index contributed by atoms with van der Waals surface area (Å²) in [5.74, 6) is 1.12. The molecule has 0 fully saturated rings. The largest absolute Gasteiger partial charge is 0.493 e. The van der Waals surface area contributed by atoms with Gasteiger partial charge in [-0.2, -0.15) is 0 Å². The highest BCUT2D eigenvalue weighted by Gasteiger charge is 2.15. The van der Waals surface area contributed by atoms with E-state index in [0.29, 0.717) is 22.9 Å². The number of carbonyl (C=O) groups excluding carboxylic acids is 1. The van der Waals surface area contributed by atoms with Gasteiger partial charge in [-0.1, -0.05) is 6.07 Å². The smallest absolute Gasteiger partial charge is 0.262 e. The number of sulfonamides is 1. The van der Waals surface area contributed by atoms with E-state index in [1.807, 2.05) is 19.1 Å². The molecule has 0 aliphatic heterocycles. The Bertz CT molecular complexity index is 1090. The lowest BCUT2D eigenvalue weighted by Gasteiger charge is -2.12. The molecule has 2 aromatic carbocycles. The van der Waals surface area contributed by atoms with Crippen molar-refractivity contribution in [3.63, 3.8) is 0 Å². The number of carbonyl (C=O) groups is 1. The predicted octanol–water partition coefficient (Wildman–Crippen LogP) is 3.09. The molecule has 1 amide bonds. The number of furan rings is 1. The van der Waals surface area contributed by atoms with Gasteiger partial charge in [0.05, 0.1) is 24.8 Å². The normalized spacial score (nSPS) is 11.1. The summed E-state index contributed by atoms with van der Waals surface area (Å²) in [6.45, 7) is 1.76. The summed E-state index contributed by atoms with van der Waals surface area (Å²) in [5, 5.41) is 2.66. The fraction of sp³-hybridized carbons (Fsp3) is 0.190. The molecule has 1 heterocycles. The summed E-state index contributed by atoms with van der Waals surface area (Å²) in [6.07, 6.45) is 1.47. The van der Waals surface area contributed by atoms with Crippen LogP contribution in [0.5, 0.6) is 11.5 Å². The number of anilines is 1. The molecule has 3 rings (SSSR count). The highest BCUT2D eigenvalue weighted by Crippen LogP contribution is 2.27. The van der Waals surface area contributed by atoms with E-state index < -0.39 is 10.0 Å². The first-order valence-corrected chi connectivity index (χ1v) is 10.5. The van der Waals surface area contributed by atoms with E-state index >= 15 is 0 Å². The number of aryl methyl sites for hydroxylation is 1. The van der Waals surface area contributed by atoms with E-state index in [2.05, 4.69) is 10.0 Å². The maximum atomic E-state index is 12.3. The van der Waals surface area contributed by atoms with E-state index in [0.717, 1.165) is 5.56 Å². The van der Waals surface area contributed by atoms with Crippen LogP contribution in [0, 0.1) is 6.92 Å². The molecule has 158 valence electrons. The van der Waals surface area contributed by atoms with Crippen LogP contribution >= 0.6 is 0 Å². The summed E-state index contributed by atoms with van der Waals surface area (Å²) in [4.78, 5) is 12.2. The van der Waals surface area contributed by atoms with Crippen LogP contribution < -0.4 is 19.5 Å². The minimum atomic E-state index is -3.70. The third-order valence-electron chi connectivity index (χ3n) is 4.14. The predicted molar refractivity (Wildman–Crippen MR) is 111 cm³/mol. The third-order valence-corrected chi connectivity index (χ3v) is 5.56. The standard InChI is InChI=1S/C21H22N2O6S/c1-15-5-10-19(20(12-15)27-2)29-14-21(24)23-16-6-8-18(9-7-16)30(25,26)22-13-17-4-3-11-28-17/h3-12,22H,13-14H2,1-2H3,(H,23,24). The molecule has 0 aliphatic carbocycles. The maximum absolute atomic E-state index is 12.3. The van der Waals surface area contributed by atoms with Gasteiger partial charge in [-0.25, -0.2) is 13.1 Å². The minimum absolute atomic E-state index is 0.0492. The number of benzene rings is 2. The molecule has 0 bridgehead atoms. The molecule has 0 spiro atoms. The van der Waals surface area contributed by atoms with Crippen molar-refractivity contribution in [2.45, 2.75) is 18.4 Å². The van der Waals surface area contributed by atoms with Crippen LogP contribution in [0.25, 0.3) is 0 Å². The first kappa shape index (κ1) is 21.4. The first-order valence-electron chi connectivity index (χ1n) is 9.07. The Morgan fingerprint density at radius 3 is 2.50 bits per heavy atom. The van der Waals surface area contributed by atoms with Crippen LogP contribution in [0.1, 0.15) is 11.3 Å². The van der Waals surface area contributed by atoms with Crippen molar-refractivity contribution in [2.24, 2.45) is 0 Å². The molecule has 0 saturated heterocycles. The molecule has 3 aromatic rings. The Labute approximate surface area is 174 Å². The summed E-state index contributed by atoms with van der Waals surface area (Å²) in [5.41, 5.74) is 1.46. The van der Waals surface area contributed by atoms with Gasteiger partial charge in [-0.3, -0.25) is 4.79 Å². The van der Waals surface area contributed by atoms with Crippen molar-refractivity contribution < 1.29 is 27.1 Å². The van der Waals surface area contributed by atoms with Crippen molar-refractivity contribution in [2.75, 3.05) is 19.0 Å². The van der Waals surface area contributed by atoms with Gasteiger partial charge in [0.1, 0.15) is 5.76 Å². The monoisotopic (exact) mass is 430 g/mol. The molecule has 0 saturated carbocycles. The van der Waals surface area contributed by atoms with Crippen molar-refractivity contribution in [3.05, 3.63) is 72.2 Å². The number of methoxy groups -OCH3 is 1. The summed E-state index contributed by atoms with van der Waals surface area (Å²) < 4.78 is 43.0. The lowest BCUT2D eigenvalue weighted by molar-refractivity contribution is -0.118. The minimum Gasteiger partial charge on any atom is -0.493 e. The van der Waals surface area contributed by atoms with E-state index in [9.17, 15) is 13.2 Å². The molecule has 0 aliphatic rings. The number of nitrogens with one attached hydrogen (secondary N) is 2. The zero-order valence-electron chi connectivity index (χ0n) is 16.5. The van der Waals surface area contributed by atoms with E-state index in [1.54, 1.807) is 18.2 Å². The van der Waals surface area contributed by atoms with Crippen LogP contribution in [0.4, 0.5) is 5.69 Å². The third kappa shape index (κ3) is 5.62. The van der Waals surface area contributed by atoms with Crippen molar-refractivity contribution in [3.8, 4) is 11.5 Å². The number of amides is 1. The van der Waals surface area contributed by atoms with E-state index in [-0.39, 0.29) is 24.0 Å². The topological polar surface area (TPSA) is 107 Å². The van der Waals surface area contributed by atoms with Gasteiger partial charge in [0.25, 0.3) is 5.91 Å². The van der Waals surface area contributed by atoms with Gasteiger partial charge in [0.2, 0.25) is 10.0 Å². The van der Waals surface area contributed by atoms with Gasteiger partial charge in [0.15, 0.2) is 18.1 Å². The Kier molecular flexibility index (Phi) is 6.76. The number of hydrogen-bond donors (Lipinski definition) is 2. The van der Waals surface area contributed by atoms with Gasteiger partial charge in [0, 0.05) is 5.69 Å². The summed E-state index contributed by atoms with van der Waals surface area (Å²) in [7, 11) is -2.17. The van der Waals surface area contributed by atoms with Crippen molar-refractivity contribution >= 4 is 21.6 Å². The first-order chi connectivity index (χ1) is 14.4. The SMILES string of the molecule is COc1cc(C)ccc1OCC(=O)Nc1ccc(S(=O)(=O)NCc2ccco2)cc1. The number of rotatable bonds is 9. The van der Waals surface area contributed by atoms with E-state index in [1.165, 1.54) is 37.6 Å². The molecular formula is C21H22N2O6S. The Hall–Kier alpha value is -3.30. The quantitative estimate of drug-likeness (QED) is 0.540. The maximum Gasteiger partial charge on any atom is 0.262 e. The second-order valence-corrected chi connectivity index (χ2v) is 8.19. The zero-order valence-corrected chi connectivity index (χ0v) is 17.4. The molecule has 8 nitrogen and oxygen atoms in total. The molecule has 30 heavy (non-hydrogen) atoms. The number of hydrogen-bond acceptors (Lipinski definition) is 6. The molecular weight excluding hydrogens is 408 g/mol. The summed E-state index contributed by atoms with van der Waals surface area (Å²) >= 11 is 0. The highest BCUT2D eigenvalue weighted by molar-refractivity contribution is 7.89. The summed E-state index contributed by atoms with van der Waals surface area (Å²) in [6, 6.07) is 14.6. The molecule has 0 unspecified atom stereocenters. The van der Waals surface area contributed by atoms with Crippen LogP contribution in [-0.4, -0.2) is 28.0 Å². The Balaban J connectivity index is 1.55. The molecule has 0 atom stereocenters. The fourth-order valence-electron chi connectivity index (χ4n) is 2.61. The van der Waals surface area contributed by atoms with Crippen LogP contribution in [-0.2, 0) is 21.4 Å². The van der Waals surface area contributed by atoms with Gasteiger partial charge >= 0.3 is 0 Å². The lowest BCUT2D eigenvalue weighted by Crippen LogP contribution is -2.23. The lowest BCUT2D eigenvalue weighted by atomic mass is 10.2. The van der Waals surface area contributed by atoms with E-state index in [4.69, 9.17) is 13.9 Å². The van der Waals surface area contributed by atoms with Gasteiger partial charge in [-0.05, 0) is 61.0 Å². The van der Waals surface area contributed by atoms with Crippen molar-refractivity contribution in [1.82, 2.24) is 4.72 Å². The Morgan fingerprint density at radius 1 is 1.07 bits per heavy atom. The van der Waals surface area contributed by atoms with Crippen LogP contribution in [0.2, 0.25) is 0 Å². The van der Waals surface area contributed by atoms with Gasteiger partial charge < -0.3 is 19.2 Å². The average molecular weight is 430 g/mol. The number of ether oxygens (including phenoxy) is 2. The average Bonchev–Trinajstić information content (AvgIpc) is 3.25. The molecule has 2 N–H and O–H groups in total. The second-order valence-electron chi connectivity index (χ2n) is 6.42. The van der Waals surface area contributed by atoms with Crippen molar-refractivity contribution in [1.29, 1.82) is 0 Å². The van der Waals surface area contributed by atoms with Gasteiger partial charge in [-0.15, -0.1) is 0 Å². The fourth-order valence-corrected chi connectivity index (χ4v) is 3.61. The van der Waals surface area contributed by atoms with Crippen LogP contribution in [0.15, 0.2) is 70.2 Å². The van der Waals surface area contributed by atoms with Crippen LogP contribution in [0.3, 0.4) is 0 Å². The molecule has 0 radical (unpaired) electrons. The highest BCUT2D eigenvalue weighted by atomic mass is 32.2. The second kappa shape index (κ2) is 9.47.